The van der Waals surface area contributed by atoms with Crippen LogP contribution in [0.15, 0.2) is 18.2 Å². The van der Waals surface area contributed by atoms with E-state index in [1.54, 1.807) is 13.2 Å². The highest BCUT2D eigenvalue weighted by molar-refractivity contribution is 5.90. The number of ether oxygens (including phenoxy) is 3. The number of aliphatic carboxylic acids is 1. The van der Waals surface area contributed by atoms with Gasteiger partial charge in [0, 0.05) is 12.5 Å². The quantitative estimate of drug-likeness (QED) is 0.548. The number of carbonyl (C=O) groups is 3. The summed E-state index contributed by atoms with van der Waals surface area (Å²) in [5, 5.41) is 12.8. The average Bonchev–Trinajstić information content (AvgIpc) is 3.50. The van der Waals surface area contributed by atoms with Gasteiger partial charge in [0.25, 0.3) is 0 Å². The molecule has 1 aliphatic carbocycles. The molecule has 2 bridgehead atoms. The summed E-state index contributed by atoms with van der Waals surface area (Å²) >= 11 is 0. The van der Waals surface area contributed by atoms with Crippen LogP contribution in [0.25, 0.3) is 11.0 Å². The summed E-state index contributed by atoms with van der Waals surface area (Å²) in [6, 6.07) is 3.41. The fourth-order valence-electron chi connectivity index (χ4n) is 5.78. The lowest BCUT2D eigenvalue weighted by Gasteiger charge is -2.34. The van der Waals surface area contributed by atoms with Gasteiger partial charge < -0.3 is 29.5 Å². The van der Waals surface area contributed by atoms with Gasteiger partial charge in [0.05, 0.1) is 24.7 Å². The third-order valence-electron chi connectivity index (χ3n) is 8.25. The molecule has 2 fully saturated rings. The summed E-state index contributed by atoms with van der Waals surface area (Å²) in [4.78, 5) is 49.8. The molecule has 1 saturated carbocycles. The molecule has 0 unspecified atom stereocenters. The molecule has 222 valence electrons. The van der Waals surface area contributed by atoms with E-state index in [0.717, 1.165) is 44.0 Å². The third-order valence-corrected chi connectivity index (χ3v) is 8.25. The first-order valence-corrected chi connectivity index (χ1v) is 14.5. The number of aromatic nitrogens is 2. The number of carbonyl (C=O) groups excluding carboxylic acids is 2. The Morgan fingerprint density at radius 1 is 1.07 bits per heavy atom. The Hall–Kier alpha value is -3.63. The second-order valence-electron chi connectivity index (χ2n) is 12.5. The van der Waals surface area contributed by atoms with E-state index >= 15 is 0 Å². The van der Waals surface area contributed by atoms with Crippen molar-refractivity contribution < 1.29 is 33.7 Å². The SMILES string of the molecule is COc1ccc2nc3c(nc2c1)O[C@@H]1C[C@@H](C(=O)O)N(C1)C(=O)[C@H](C(C)(C)C)NC(=O)O[C@@H]1C[C@H]1CCCCCC3. The van der Waals surface area contributed by atoms with Crippen molar-refractivity contribution >= 4 is 29.0 Å². The normalized spacial score (nSPS) is 27.7. The number of aryl methyl sites for hydroxylation is 1. The van der Waals surface area contributed by atoms with Gasteiger partial charge in [-0.2, -0.15) is 0 Å². The number of hydrogen-bond acceptors (Lipinski definition) is 8. The number of alkyl carbamates (subject to hydrolysis) is 1. The molecule has 5 rings (SSSR count). The second-order valence-corrected chi connectivity index (χ2v) is 12.5. The highest BCUT2D eigenvalue weighted by atomic mass is 16.6. The number of amides is 2. The smallest absolute Gasteiger partial charge is 0.408 e. The van der Waals surface area contributed by atoms with Crippen LogP contribution in [0.5, 0.6) is 11.6 Å². The van der Waals surface area contributed by atoms with Crippen molar-refractivity contribution in [3.8, 4) is 11.6 Å². The Bertz CT molecular complexity index is 1310. The maximum Gasteiger partial charge on any atom is 0.408 e. The lowest BCUT2D eigenvalue weighted by molar-refractivity contribution is -0.150. The van der Waals surface area contributed by atoms with Crippen molar-refractivity contribution in [3.63, 3.8) is 0 Å². The van der Waals surface area contributed by atoms with Crippen LogP contribution in [0.3, 0.4) is 0 Å². The minimum atomic E-state index is -1.13. The first kappa shape index (κ1) is 28.9. The predicted molar refractivity (Wildman–Crippen MR) is 150 cm³/mol. The molecule has 2 aliphatic heterocycles. The predicted octanol–water partition coefficient (Wildman–Crippen LogP) is 4.11. The summed E-state index contributed by atoms with van der Waals surface area (Å²) < 4.78 is 17.3. The van der Waals surface area contributed by atoms with Gasteiger partial charge in [0.15, 0.2) is 0 Å². The maximum absolute atomic E-state index is 13.8. The Balaban J connectivity index is 1.46. The highest BCUT2D eigenvalue weighted by Crippen LogP contribution is 2.39. The first-order chi connectivity index (χ1) is 19.5. The van der Waals surface area contributed by atoms with Gasteiger partial charge in [-0.15, -0.1) is 0 Å². The molecule has 3 aliphatic rings. The fraction of sp³-hybridized carbons (Fsp3) is 0.633. The van der Waals surface area contributed by atoms with Gasteiger partial charge in [-0.25, -0.2) is 19.6 Å². The van der Waals surface area contributed by atoms with Gasteiger partial charge >= 0.3 is 12.1 Å². The average molecular weight is 569 g/mol. The molecule has 2 amide bonds. The molecule has 2 aromatic rings. The zero-order valence-corrected chi connectivity index (χ0v) is 24.2. The molecule has 11 nitrogen and oxygen atoms in total. The van der Waals surface area contributed by atoms with E-state index in [1.165, 1.54) is 4.90 Å². The van der Waals surface area contributed by atoms with E-state index < -0.39 is 41.6 Å². The van der Waals surface area contributed by atoms with E-state index in [9.17, 15) is 19.5 Å². The standard InChI is InChI=1S/C30H40N4O7/c1-30(2,3)25-27(35)34-16-19(15-23(34)28(36)37)40-26-21(31-20-12-11-18(39-4)14-22(20)32-26)10-8-6-5-7-9-17-13-24(17)41-29(38)33-25/h11-12,14,17,19,23-25H,5-10,13,15-16H2,1-4H3,(H,33,38)(H,36,37)/t17-,19-,23+,24-,25-/m1/s1. The van der Waals surface area contributed by atoms with Crippen molar-refractivity contribution in [1.29, 1.82) is 0 Å². The van der Waals surface area contributed by atoms with Crippen LogP contribution in [-0.4, -0.2) is 75.9 Å². The van der Waals surface area contributed by atoms with E-state index in [1.807, 2.05) is 32.9 Å². The highest BCUT2D eigenvalue weighted by Gasteiger charge is 2.47. The number of fused-ring (bicyclic) bond motifs is 5. The topological polar surface area (TPSA) is 140 Å². The van der Waals surface area contributed by atoms with Gasteiger partial charge in [0.1, 0.15) is 35.7 Å². The number of carboxylic acid groups (broad SMARTS) is 1. The Morgan fingerprint density at radius 2 is 1.85 bits per heavy atom. The van der Waals surface area contributed by atoms with Crippen molar-refractivity contribution in [2.24, 2.45) is 11.3 Å². The van der Waals surface area contributed by atoms with Gasteiger partial charge in [-0.1, -0.05) is 40.0 Å². The van der Waals surface area contributed by atoms with E-state index in [0.29, 0.717) is 35.2 Å². The van der Waals surface area contributed by atoms with Crippen molar-refractivity contribution in [2.75, 3.05) is 13.7 Å². The molecule has 5 atom stereocenters. The molecule has 0 spiro atoms. The zero-order chi connectivity index (χ0) is 29.3. The molecule has 11 heteroatoms. The van der Waals surface area contributed by atoms with Crippen LogP contribution in [0, 0.1) is 11.3 Å². The number of hydrogen-bond donors (Lipinski definition) is 2. The Labute approximate surface area is 239 Å². The lowest BCUT2D eigenvalue weighted by Crippen LogP contribution is -2.57. The summed E-state index contributed by atoms with van der Waals surface area (Å²) in [6.07, 6.45) is 5.20. The summed E-state index contributed by atoms with van der Waals surface area (Å²) in [6.45, 7) is 5.53. The van der Waals surface area contributed by atoms with Gasteiger partial charge in [0.2, 0.25) is 11.8 Å². The van der Waals surface area contributed by atoms with Crippen LogP contribution in [0.2, 0.25) is 0 Å². The van der Waals surface area contributed by atoms with Crippen LogP contribution in [0.1, 0.15) is 71.4 Å². The number of carboxylic acids is 1. The van der Waals surface area contributed by atoms with Gasteiger partial charge in [-0.05, 0) is 49.1 Å². The molecule has 1 aromatic heterocycles. The second kappa shape index (κ2) is 11.7. The number of benzene rings is 1. The Kier molecular flexibility index (Phi) is 8.24. The largest absolute Gasteiger partial charge is 0.497 e. The van der Waals surface area contributed by atoms with E-state index in [4.69, 9.17) is 24.2 Å². The number of nitrogens with one attached hydrogen (secondary N) is 1. The molecule has 0 radical (unpaired) electrons. The number of rotatable bonds is 2. The van der Waals surface area contributed by atoms with Crippen LogP contribution < -0.4 is 14.8 Å². The minimum Gasteiger partial charge on any atom is -0.497 e. The van der Waals surface area contributed by atoms with Crippen molar-refractivity contribution in [2.45, 2.75) is 96.4 Å². The molecule has 1 saturated heterocycles. The summed E-state index contributed by atoms with van der Waals surface area (Å²) in [5.74, 6) is -0.277. The Morgan fingerprint density at radius 3 is 2.59 bits per heavy atom. The number of nitrogens with zero attached hydrogens (tertiary/aromatic N) is 3. The van der Waals surface area contributed by atoms with Crippen molar-refractivity contribution in [1.82, 2.24) is 20.2 Å². The zero-order valence-electron chi connectivity index (χ0n) is 24.2. The fourth-order valence-corrected chi connectivity index (χ4v) is 5.78. The van der Waals surface area contributed by atoms with Crippen LogP contribution in [-0.2, 0) is 20.7 Å². The molecular weight excluding hydrogens is 528 g/mol. The first-order valence-electron chi connectivity index (χ1n) is 14.5. The van der Waals surface area contributed by atoms with E-state index in [-0.39, 0.29) is 19.1 Å². The van der Waals surface area contributed by atoms with Crippen LogP contribution in [0.4, 0.5) is 4.79 Å². The van der Waals surface area contributed by atoms with Crippen LogP contribution >= 0.6 is 0 Å². The summed E-state index contributed by atoms with van der Waals surface area (Å²) in [5.41, 5.74) is 1.36. The van der Waals surface area contributed by atoms with Gasteiger partial charge in [-0.3, -0.25) is 4.79 Å². The summed E-state index contributed by atoms with van der Waals surface area (Å²) in [7, 11) is 1.58. The monoisotopic (exact) mass is 568 g/mol. The maximum atomic E-state index is 13.8. The minimum absolute atomic E-state index is 0.0427. The molecule has 3 heterocycles. The molecule has 1 aromatic carbocycles. The number of methoxy groups -OCH3 is 1. The third kappa shape index (κ3) is 6.65. The molecule has 41 heavy (non-hydrogen) atoms. The lowest BCUT2D eigenvalue weighted by atomic mass is 9.85. The van der Waals surface area contributed by atoms with Crippen molar-refractivity contribution in [3.05, 3.63) is 23.9 Å². The molecular formula is C30H40N4O7. The van der Waals surface area contributed by atoms with E-state index in [2.05, 4.69) is 5.32 Å². The molecule has 2 N–H and O–H groups in total.